The molecule has 0 aliphatic heterocycles. The second kappa shape index (κ2) is 11.1. The molecule has 30 heavy (non-hydrogen) atoms. The molecule has 0 radical (unpaired) electrons. The van der Waals surface area contributed by atoms with Crippen LogP contribution in [0.1, 0.15) is 18.1 Å². The summed E-state index contributed by atoms with van der Waals surface area (Å²) in [6.07, 6.45) is -5.63. The van der Waals surface area contributed by atoms with Crippen molar-refractivity contribution < 1.29 is 37.1 Å². The fraction of sp³-hybridized carbons (Fsp3) is 0.300. The van der Waals surface area contributed by atoms with Gasteiger partial charge in [-0.05, 0) is 30.2 Å². The molecule has 0 bridgehead atoms. The van der Waals surface area contributed by atoms with Gasteiger partial charge in [-0.25, -0.2) is 10.3 Å². The molecule has 0 saturated heterocycles. The maximum Gasteiger partial charge on any atom is 0.573 e. The Balaban J connectivity index is 1.99. The number of hydrogen-bond acceptors (Lipinski definition) is 5. The number of alkyl carbamates (subject to hydrolysis) is 1. The highest BCUT2D eigenvalue weighted by Gasteiger charge is 2.31. The molecule has 1 atom stereocenters. The minimum Gasteiger partial charge on any atom is -0.445 e. The van der Waals surface area contributed by atoms with Crippen LogP contribution in [0.4, 0.5) is 18.0 Å². The first-order chi connectivity index (χ1) is 14.3. The number of halogens is 3. The molecule has 2 N–H and O–H groups in total. The first-order valence-corrected chi connectivity index (χ1v) is 9.00. The molecule has 162 valence electrons. The summed E-state index contributed by atoms with van der Waals surface area (Å²) < 4.78 is 45.7. The minimum atomic E-state index is -4.80. The van der Waals surface area contributed by atoms with Crippen molar-refractivity contribution in [2.75, 3.05) is 6.61 Å². The molecule has 2 aromatic rings. The van der Waals surface area contributed by atoms with Crippen LogP contribution in [0, 0.1) is 0 Å². The van der Waals surface area contributed by atoms with Crippen LogP contribution in [-0.4, -0.2) is 31.0 Å². The standard InChI is InChI=1S/C20H21F3N2O5/c1-2-29-25-18(26)17(24-19(27)28-13-15-6-4-3-5-7-15)12-14-8-10-16(11-9-14)30-20(21,22)23/h3-11,17H,2,12-13H2,1H3,(H,24,27)(H,25,26). The summed E-state index contributed by atoms with van der Waals surface area (Å²) in [6.45, 7) is 1.88. The smallest absolute Gasteiger partial charge is 0.445 e. The third kappa shape index (κ3) is 8.39. The number of alkyl halides is 3. The van der Waals surface area contributed by atoms with E-state index in [1.807, 2.05) is 6.07 Å². The molecule has 0 saturated carbocycles. The lowest BCUT2D eigenvalue weighted by molar-refractivity contribution is -0.274. The van der Waals surface area contributed by atoms with Gasteiger partial charge >= 0.3 is 12.5 Å². The van der Waals surface area contributed by atoms with E-state index in [4.69, 9.17) is 9.57 Å². The second-order valence-electron chi connectivity index (χ2n) is 6.05. The number of rotatable bonds is 9. The number of amides is 2. The van der Waals surface area contributed by atoms with Crippen molar-refractivity contribution >= 4 is 12.0 Å². The van der Waals surface area contributed by atoms with Gasteiger partial charge in [0, 0.05) is 6.42 Å². The van der Waals surface area contributed by atoms with E-state index in [9.17, 15) is 22.8 Å². The van der Waals surface area contributed by atoms with Crippen molar-refractivity contribution in [3.8, 4) is 5.75 Å². The van der Waals surface area contributed by atoms with E-state index in [1.165, 1.54) is 12.1 Å². The predicted molar refractivity (Wildman–Crippen MR) is 100 cm³/mol. The van der Waals surface area contributed by atoms with E-state index >= 15 is 0 Å². The summed E-state index contributed by atoms with van der Waals surface area (Å²) in [6, 6.07) is 12.8. The molecule has 10 heteroatoms. The normalized spacial score (nSPS) is 12.0. The lowest BCUT2D eigenvalue weighted by atomic mass is 10.1. The quantitative estimate of drug-likeness (QED) is 0.600. The zero-order valence-corrected chi connectivity index (χ0v) is 16.1. The third-order valence-electron chi connectivity index (χ3n) is 3.74. The van der Waals surface area contributed by atoms with Gasteiger partial charge in [-0.1, -0.05) is 42.5 Å². The molecule has 1 unspecified atom stereocenters. The molecule has 0 fully saturated rings. The van der Waals surface area contributed by atoms with E-state index in [0.717, 1.165) is 17.7 Å². The summed E-state index contributed by atoms with van der Waals surface area (Å²) in [5, 5.41) is 2.43. The van der Waals surface area contributed by atoms with E-state index < -0.39 is 30.2 Å². The molecule has 2 aromatic carbocycles. The van der Waals surface area contributed by atoms with Gasteiger partial charge in [0.1, 0.15) is 18.4 Å². The molecule has 7 nitrogen and oxygen atoms in total. The number of hydrogen-bond donors (Lipinski definition) is 2. The highest BCUT2D eigenvalue weighted by atomic mass is 19.4. The molecular weight excluding hydrogens is 405 g/mol. The van der Waals surface area contributed by atoms with Crippen LogP contribution >= 0.6 is 0 Å². The van der Waals surface area contributed by atoms with E-state index in [2.05, 4.69) is 15.5 Å². The van der Waals surface area contributed by atoms with Crippen LogP contribution < -0.4 is 15.5 Å². The summed E-state index contributed by atoms with van der Waals surface area (Å²) in [5.41, 5.74) is 3.45. The summed E-state index contributed by atoms with van der Waals surface area (Å²) in [4.78, 5) is 29.3. The molecule has 0 heterocycles. The van der Waals surface area contributed by atoms with E-state index in [-0.39, 0.29) is 19.6 Å². The summed E-state index contributed by atoms with van der Waals surface area (Å²) in [7, 11) is 0. The second-order valence-corrected chi connectivity index (χ2v) is 6.05. The largest absolute Gasteiger partial charge is 0.573 e. The van der Waals surface area contributed by atoms with Gasteiger partial charge in [-0.3, -0.25) is 9.63 Å². The molecule has 2 amide bonds. The number of ether oxygens (including phenoxy) is 2. The number of benzene rings is 2. The van der Waals surface area contributed by atoms with Crippen LogP contribution in [0.25, 0.3) is 0 Å². The Bertz CT molecular complexity index is 813. The van der Waals surface area contributed by atoms with E-state index in [0.29, 0.717) is 5.56 Å². The zero-order valence-electron chi connectivity index (χ0n) is 16.1. The first-order valence-electron chi connectivity index (χ1n) is 9.00. The fourth-order valence-corrected chi connectivity index (χ4v) is 2.39. The summed E-state index contributed by atoms with van der Waals surface area (Å²) >= 11 is 0. The van der Waals surface area contributed by atoms with Crippen molar-refractivity contribution in [3.63, 3.8) is 0 Å². The van der Waals surface area contributed by atoms with Crippen LogP contribution in [0.5, 0.6) is 5.75 Å². The molecule has 0 aliphatic rings. The van der Waals surface area contributed by atoms with Crippen LogP contribution in [-0.2, 0) is 27.4 Å². The maximum absolute atomic E-state index is 12.3. The summed E-state index contributed by atoms with van der Waals surface area (Å²) in [5.74, 6) is -1.03. The van der Waals surface area contributed by atoms with Crippen LogP contribution in [0.2, 0.25) is 0 Å². The number of carbonyl (C=O) groups excluding carboxylic acids is 2. The number of carbonyl (C=O) groups is 2. The Morgan fingerprint density at radius 3 is 2.27 bits per heavy atom. The van der Waals surface area contributed by atoms with Crippen LogP contribution in [0.15, 0.2) is 54.6 Å². The Hall–Kier alpha value is -3.27. The van der Waals surface area contributed by atoms with Gasteiger partial charge in [0.2, 0.25) is 0 Å². The van der Waals surface area contributed by atoms with Crippen LogP contribution in [0.3, 0.4) is 0 Å². The van der Waals surface area contributed by atoms with Crippen molar-refractivity contribution in [1.29, 1.82) is 0 Å². The molecular formula is C20H21F3N2O5. The Kier molecular flexibility index (Phi) is 8.48. The Labute approximate surface area is 171 Å². The van der Waals surface area contributed by atoms with Gasteiger partial charge in [0.15, 0.2) is 0 Å². The SMILES string of the molecule is CCONC(=O)C(Cc1ccc(OC(F)(F)F)cc1)NC(=O)OCc1ccccc1. The minimum absolute atomic E-state index is 0.00829. The number of hydroxylamine groups is 1. The van der Waals surface area contributed by atoms with Gasteiger partial charge in [-0.15, -0.1) is 13.2 Å². The molecule has 0 spiro atoms. The monoisotopic (exact) mass is 426 g/mol. The Morgan fingerprint density at radius 1 is 1.00 bits per heavy atom. The molecule has 2 rings (SSSR count). The predicted octanol–water partition coefficient (Wildman–Crippen LogP) is 3.49. The highest BCUT2D eigenvalue weighted by molar-refractivity contribution is 5.85. The lowest BCUT2D eigenvalue weighted by Gasteiger charge is -2.18. The fourth-order valence-electron chi connectivity index (χ4n) is 2.39. The average molecular weight is 426 g/mol. The van der Waals surface area contributed by atoms with Gasteiger partial charge in [0.25, 0.3) is 5.91 Å². The van der Waals surface area contributed by atoms with Gasteiger partial charge in [-0.2, -0.15) is 0 Å². The van der Waals surface area contributed by atoms with E-state index in [1.54, 1.807) is 31.2 Å². The number of nitrogens with one attached hydrogen (secondary N) is 2. The topological polar surface area (TPSA) is 85.9 Å². The van der Waals surface area contributed by atoms with Crippen molar-refractivity contribution in [1.82, 2.24) is 10.8 Å². The van der Waals surface area contributed by atoms with Gasteiger partial charge < -0.3 is 14.8 Å². The maximum atomic E-state index is 12.3. The van der Waals surface area contributed by atoms with Crippen molar-refractivity contribution in [3.05, 3.63) is 65.7 Å². The third-order valence-corrected chi connectivity index (χ3v) is 3.74. The molecule has 0 aromatic heterocycles. The molecule has 0 aliphatic carbocycles. The first kappa shape index (κ1) is 23.0. The highest BCUT2D eigenvalue weighted by Crippen LogP contribution is 2.23. The van der Waals surface area contributed by atoms with Crippen molar-refractivity contribution in [2.24, 2.45) is 0 Å². The Morgan fingerprint density at radius 2 is 1.67 bits per heavy atom. The average Bonchev–Trinajstić information content (AvgIpc) is 2.71. The van der Waals surface area contributed by atoms with Gasteiger partial charge in [0.05, 0.1) is 6.61 Å². The zero-order chi connectivity index (χ0) is 22.0. The van der Waals surface area contributed by atoms with Crippen molar-refractivity contribution in [2.45, 2.75) is 32.4 Å². The lowest BCUT2D eigenvalue weighted by Crippen LogP contribution is -2.48.